The first-order chi connectivity index (χ1) is 9.34. The Bertz CT molecular complexity index is 433. The zero-order valence-electron chi connectivity index (χ0n) is 14.1. The van der Waals surface area contributed by atoms with Crippen LogP contribution in [0.3, 0.4) is 0 Å². The third-order valence-corrected chi connectivity index (χ3v) is 9.16. The fourth-order valence-corrected chi connectivity index (χ4v) is 3.78. The fraction of sp³-hybridized carbons (Fsp3) is 0.929. The first-order valence-electron chi connectivity index (χ1n) is 7.44. The van der Waals surface area contributed by atoms with Gasteiger partial charge in [-0.25, -0.2) is 5.84 Å². The van der Waals surface area contributed by atoms with Gasteiger partial charge >= 0.3 is 0 Å². The summed E-state index contributed by atoms with van der Waals surface area (Å²) in [6, 6.07) is 0. The van der Waals surface area contributed by atoms with Gasteiger partial charge in [-0.3, -0.25) is 9.80 Å². The van der Waals surface area contributed by atoms with Crippen molar-refractivity contribution in [3.8, 4) is 0 Å². The van der Waals surface area contributed by atoms with E-state index in [2.05, 4.69) is 33.9 Å². The monoisotopic (exact) mass is 316 g/mol. The topological polar surface area (TPSA) is 74.0 Å². The van der Waals surface area contributed by atoms with Gasteiger partial charge in [-0.2, -0.15) is 0 Å². The predicted molar refractivity (Wildman–Crippen MR) is 81.8 cm³/mol. The summed E-state index contributed by atoms with van der Waals surface area (Å²) in [5, 5.41) is 1.28. The minimum Gasteiger partial charge on any atom is -0.409 e. The van der Waals surface area contributed by atoms with Gasteiger partial charge in [-0.05, 0) is 32.0 Å². The van der Waals surface area contributed by atoms with Gasteiger partial charge in [-0.1, -0.05) is 20.8 Å². The standard InChI is InChI=1S/C14H28N2O4Si/c1-13(2,3)21(6,7)20-9-8-16(15)12(17)11-10(9)18-14(4,5)19-11/h9-11H,8,15H2,1-7H3/t9-,10-,11-/m1/s1. The van der Waals surface area contributed by atoms with Gasteiger partial charge in [-0.15, -0.1) is 0 Å². The van der Waals surface area contributed by atoms with E-state index < -0.39 is 20.2 Å². The molecule has 0 unspecified atom stereocenters. The third-order valence-electron chi connectivity index (χ3n) is 4.65. The molecule has 0 aliphatic carbocycles. The molecule has 0 radical (unpaired) electrons. The molecular formula is C14H28N2O4Si. The molecule has 2 aliphatic heterocycles. The number of nitrogens with two attached hydrogens (primary N) is 1. The molecule has 0 aromatic rings. The van der Waals surface area contributed by atoms with Crippen molar-refractivity contribution in [2.45, 2.75) is 76.8 Å². The number of nitrogens with zero attached hydrogens (tertiary/aromatic N) is 1. The van der Waals surface area contributed by atoms with Crippen LogP contribution in [0.1, 0.15) is 34.6 Å². The number of fused-ring (bicyclic) bond motifs is 1. The molecule has 2 saturated heterocycles. The lowest BCUT2D eigenvalue weighted by molar-refractivity contribution is -0.159. The molecule has 2 aliphatic rings. The fourth-order valence-electron chi connectivity index (χ4n) is 2.46. The van der Waals surface area contributed by atoms with Crippen LogP contribution in [0.25, 0.3) is 0 Å². The molecule has 0 bridgehead atoms. The molecule has 122 valence electrons. The van der Waals surface area contributed by atoms with Crippen molar-refractivity contribution in [3.05, 3.63) is 0 Å². The van der Waals surface area contributed by atoms with Crippen molar-refractivity contribution in [1.29, 1.82) is 0 Å². The minimum atomic E-state index is -1.98. The highest BCUT2D eigenvalue weighted by Gasteiger charge is 2.55. The highest BCUT2D eigenvalue weighted by Crippen LogP contribution is 2.41. The van der Waals surface area contributed by atoms with Crippen molar-refractivity contribution in [2.24, 2.45) is 5.84 Å². The number of hydrogen-bond acceptors (Lipinski definition) is 5. The summed E-state index contributed by atoms with van der Waals surface area (Å²) >= 11 is 0. The summed E-state index contributed by atoms with van der Waals surface area (Å²) in [5.74, 6) is 4.80. The normalized spacial score (nSPS) is 33.2. The van der Waals surface area contributed by atoms with Crippen LogP contribution in [0.15, 0.2) is 0 Å². The molecule has 0 saturated carbocycles. The van der Waals surface area contributed by atoms with Crippen molar-refractivity contribution in [1.82, 2.24) is 5.01 Å². The van der Waals surface area contributed by atoms with E-state index in [0.29, 0.717) is 6.54 Å². The van der Waals surface area contributed by atoms with E-state index in [0.717, 1.165) is 0 Å². The second-order valence-electron chi connectivity index (χ2n) is 7.93. The maximum absolute atomic E-state index is 12.2. The molecule has 2 heterocycles. The van der Waals surface area contributed by atoms with Gasteiger partial charge in [0.05, 0.1) is 12.6 Å². The molecule has 0 aromatic heterocycles. The number of hydrazine groups is 1. The Labute approximate surface area is 128 Å². The Morgan fingerprint density at radius 2 is 1.90 bits per heavy atom. The van der Waals surface area contributed by atoms with Crippen LogP contribution in [0.4, 0.5) is 0 Å². The average molecular weight is 316 g/mol. The highest BCUT2D eigenvalue weighted by atomic mass is 28.4. The van der Waals surface area contributed by atoms with Gasteiger partial charge in [0.25, 0.3) is 5.91 Å². The van der Waals surface area contributed by atoms with Crippen LogP contribution in [0.5, 0.6) is 0 Å². The number of carbonyl (C=O) groups excluding carboxylic acids is 1. The average Bonchev–Trinajstić information content (AvgIpc) is 2.60. The first-order valence-corrected chi connectivity index (χ1v) is 10.3. The van der Waals surface area contributed by atoms with Crippen molar-refractivity contribution >= 4 is 14.2 Å². The second-order valence-corrected chi connectivity index (χ2v) is 12.7. The molecular weight excluding hydrogens is 288 g/mol. The lowest BCUT2D eigenvalue weighted by Gasteiger charge is -2.44. The zero-order valence-corrected chi connectivity index (χ0v) is 15.1. The second kappa shape index (κ2) is 5.02. The summed E-state index contributed by atoms with van der Waals surface area (Å²) in [5.41, 5.74) is 0. The Balaban J connectivity index is 2.22. The van der Waals surface area contributed by atoms with Crippen LogP contribution in [0.2, 0.25) is 18.1 Å². The zero-order chi connectivity index (χ0) is 16.2. The van der Waals surface area contributed by atoms with Crippen LogP contribution in [-0.4, -0.2) is 49.9 Å². The Morgan fingerprint density at radius 3 is 2.43 bits per heavy atom. The maximum atomic E-state index is 12.2. The number of piperidine rings is 1. The Kier molecular flexibility index (Phi) is 4.04. The molecule has 3 atom stereocenters. The molecule has 0 aromatic carbocycles. The summed E-state index contributed by atoms with van der Waals surface area (Å²) < 4.78 is 18.1. The quantitative estimate of drug-likeness (QED) is 0.476. The van der Waals surface area contributed by atoms with Gasteiger partial charge < -0.3 is 13.9 Å². The van der Waals surface area contributed by atoms with E-state index in [4.69, 9.17) is 19.7 Å². The lowest BCUT2D eigenvalue weighted by Crippen LogP contribution is -2.63. The van der Waals surface area contributed by atoms with Crippen molar-refractivity contribution in [2.75, 3.05) is 6.54 Å². The minimum absolute atomic E-state index is 0.0817. The number of rotatable bonds is 2. The molecule has 2 N–H and O–H groups in total. The SMILES string of the molecule is CC1(C)O[C@@H]2[C@H](O[Si](C)(C)C(C)(C)C)CN(N)C(=O)[C@@H]2O1. The summed E-state index contributed by atoms with van der Waals surface area (Å²) in [6.07, 6.45) is -1.31. The molecule has 2 fully saturated rings. The van der Waals surface area contributed by atoms with Gasteiger partial charge in [0.2, 0.25) is 0 Å². The van der Waals surface area contributed by atoms with Crippen LogP contribution >= 0.6 is 0 Å². The number of ether oxygens (including phenoxy) is 2. The number of hydrogen-bond donors (Lipinski definition) is 1. The third kappa shape index (κ3) is 3.17. The molecule has 21 heavy (non-hydrogen) atoms. The van der Waals surface area contributed by atoms with Crippen LogP contribution in [-0.2, 0) is 18.7 Å². The van der Waals surface area contributed by atoms with E-state index >= 15 is 0 Å². The van der Waals surface area contributed by atoms with Crippen molar-refractivity contribution in [3.63, 3.8) is 0 Å². The van der Waals surface area contributed by atoms with Gasteiger partial charge in [0, 0.05) is 0 Å². The van der Waals surface area contributed by atoms with Gasteiger partial charge in [0.15, 0.2) is 20.2 Å². The maximum Gasteiger partial charge on any atom is 0.268 e. The first kappa shape index (κ1) is 16.9. The number of amides is 1. The Morgan fingerprint density at radius 1 is 1.33 bits per heavy atom. The van der Waals surface area contributed by atoms with Crippen molar-refractivity contribution < 1.29 is 18.7 Å². The van der Waals surface area contributed by atoms with E-state index in [-0.39, 0.29) is 23.2 Å². The smallest absolute Gasteiger partial charge is 0.268 e. The molecule has 1 amide bonds. The molecule has 2 rings (SSSR count). The summed E-state index contributed by atoms with van der Waals surface area (Å²) in [6.45, 7) is 14.9. The van der Waals surface area contributed by atoms with Gasteiger partial charge in [0.1, 0.15) is 6.10 Å². The molecule has 7 heteroatoms. The van der Waals surface area contributed by atoms with E-state index in [1.54, 1.807) is 0 Å². The number of carbonyl (C=O) groups is 1. The van der Waals surface area contributed by atoms with E-state index in [9.17, 15) is 4.79 Å². The van der Waals surface area contributed by atoms with Crippen LogP contribution in [0, 0.1) is 0 Å². The molecule has 6 nitrogen and oxygen atoms in total. The van der Waals surface area contributed by atoms with E-state index in [1.807, 2.05) is 13.8 Å². The largest absolute Gasteiger partial charge is 0.409 e. The lowest BCUT2D eigenvalue weighted by atomic mass is 10.0. The van der Waals surface area contributed by atoms with Crippen LogP contribution < -0.4 is 5.84 Å². The Hall–Kier alpha value is -0.473. The highest BCUT2D eigenvalue weighted by molar-refractivity contribution is 6.74. The summed E-state index contributed by atoms with van der Waals surface area (Å²) in [4.78, 5) is 12.2. The predicted octanol–water partition coefficient (Wildman–Crippen LogP) is 1.61. The molecule has 0 spiro atoms. The summed E-state index contributed by atoms with van der Waals surface area (Å²) in [7, 11) is -1.98. The van der Waals surface area contributed by atoms with E-state index in [1.165, 1.54) is 5.01 Å².